The number of halogens is 1. The summed E-state index contributed by atoms with van der Waals surface area (Å²) >= 11 is 0. The fourth-order valence-corrected chi connectivity index (χ4v) is 4.35. The van der Waals surface area contributed by atoms with E-state index < -0.39 is 0 Å². The number of ether oxygens (including phenoxy) is 1. The van der Waals surface area contributed by atoms with Gasteiger partial charge in [0, 0.05) is 38.2 Å². The molecule has 1 saturated heterocycles. The van der Waals surface area contributed by atoms with E-state index in [-0.39, 0.29) is 23.9 Å². The number of nitrogens with one attached hydrogen (secondary N) is 1. The number of carbonyl (C=O) groups excluding carboxylic acids is 1. The second-order valence-electron chi connectivity index (χ2n) is 8.73. The van der Waals surface area contributed by atoms with Crippen LogP contribution in [0.25, 0.3) is 11.5 Å². The molecular formula is C26H27FN6O2. The van der Waals surface area contributed by atoms with Crippen LogP contribution in [0.4, 0.5) is 10.2 Å². The molecule has 35 heavy (non-hydrogen) atoms. The maximum atomic E-state index is 13.4. The summed E-state index contributed by atoms with van der Waals surface area (Å²) in [7, 11) is 0. The average Bonchev–Trinajstić information content (AvgIpc) is 3.53. The first-order chi connectivity index (χ1) is 17.0. The molecule has 1 aliphatic heterocycles. The molecule has 5 rings (SSSR count). The molecule has 0 aliphatic carbocycles. The Morgan fingerprint density at radius 3 is 2.43 bits per heavy atom. The number of pyridine rings is 1. The molecule has 4 heterocycles. The molecule has 0 bridgehead atoms. The Kier molecular flexibility index (Phi) is 6.33. The molecular weight excluding hydrogens is 447 g/mol. The number of amides is 1. The highest BCUT2D eigenvalue weighted by Gasteiger charge is 2.23. The molecule has 0 radical (unpaired) electrons. The SMILES string of the molecule is CC1CN(c2ccc(CNC(=O)c3cnn(-c4ccc(F)cc4)c3-n3cccc3)cn2)CC(C)O1. The van der Waals surface area contributed by atoms with Crippen molar-refractivity contribution in [2.24, 2.45) is 0 Å². The summed E-state index contributed by atoms with van der Waals surface area (Å²) in [6, 6.07) is 13.7. The van der Waals surface area contributed by atoms with E-state index in [1.54, 1.807) is 23.0 Å². The van der Waals surface area contributed by atoms with E-state index in [2.05, 4.69) is 34.1 Å². The van der Waals surface area contributed by atoms with Gasteiger partial charge >= 0.3 is 0 Å². The highest BCUT2D eigenvalue weighted by molar-refractivity contribution is 5.97. The van der Waals surface area contributed by atoms with E-state index in [9.17, 15) is 9.18 Å². The Morgan fingerprint density at radius 2 is 1.77 bits per heavy atom. The zero-order valence-electron chi connectivity index (χ0n) is 19.6. The van der Waals surface area contributed by atoms with Gasteiger partial charge in [0.1, 0.15) is 17.2 Å². The summed E-state index contributed by atoms with van der Waals surface area (Å²) in [6.07, 6.45) is 7.30. The maximum Gasteiger partial charge on any atom is 0.256 e. The van der Waals surface area contributed by atoms with Gasteiger partial charge in [-0.15, -0.1) is 0 Å². The standard InChI is InChI=1S/C26H27FN6O2/c1-18-16-32(17-19(2)35-18)24-10-5-20(13-28-24)14-29-25(34)23-15-30-33(22-8-6-21(27)7-9-22)26(23)31-11-3-4-12-31/h3-13,15,18-19H,14,16-17H2,1-2H3,(H,29,34). The normalized spacial score (nSPS) is 18.0. The Balaban J connectivity index is 1.32. The van der Waals surface area contributed by atoms with Crippen molar-refractivity contribution in [3.8, 4) is 11.5 Å². The fraction of sp³-hybridized carbons (Fsp3) is 0.269. The Hall–Kier alpha value is -3.98. The molecule has 8 nitrogen and oxygen atoms in total. The van der Waals surface area contributed by atoms with E-state index in [0.29, 0.717) is 23.6 Å². The molecule has 0 saturated carbocycles. The van der Waals surface area contributed by atoms with E-state index >= 15 is 0 Å². The molecule has 1 aromatic carbocycles. The summed E-state index contributed by atoms with van der Waals surface area (Å²) in [5.41, 5.74) is 1.96. The van der Waals surface area contributed by atoms with Crippen molar-refractivity contribution < 1.29 is 13.9 Å². The first-order valence-corrected chi connectivity index (χ1v) is 11.6. The molecule has 1 aliphatic rings. The zero-order valence-corrected chi connectivity index (χ0v) is 19.6. The number of morpholine rings is 1. The molecule has 1 N–H and O–H groups in total. The third-order valence-electron chi connectivity index (χ3n) is 5.91. The zero-order chi connectivity index (χ0) is 24.4. The quantitative estimate of drug-likeness (QED) is 0.461. The van der Waals surface area contributed by atoms with Crippen molar-refractivity contribution in [3.05, 3.63) is 90.3 Å². The number of aromatic nitrogens is 4. The topological polar surface area (TPSA) is 77.2 Å². The van der Waals surface area contributed by atoms with Crippen molar-refractivity contribution in [1.82, 2.24) is 24.6 Å². The van der Waals surface area contributed by atoms with Gasteiger partial charge in [0.05, 0.1) is 24.1 Å². The van der Waals surface area contributed by atoms with Crippen LogP contribution in [0.5, 0.6) is 0 Å². The van der Waals surface area contributed by atoms with Crippen LogP contribution in [0.3, 0.4) is 0 Å². The molecule has 3 aromatic heterocycles. The Labute approximate surface area is 203 Å². The van der Waals surface area contributed by atoms with Gasteiger partial charge in [-0.1, -0.05) is 6.07 Å². The highest BCUT2D eigenvalue weighted by Crippen LogP contribution is 2.21. The monoisotopic (exact) mass is 474 g/mol. The number of rotatable bonds is 6. The van der Waals surface area contributed by atoms with Crippen molar-refractivity contribution in [2.45, 2.75) is 32.6 Å². The molecule has 180 valence electrons. The average molecular weight is 475 g/mol. The van der Waals surface area contributed by atoms with Gasteiger partial charge in [0.15, 0.2) is 5.82 Å². The smallest absolute Gasteiger partial charge is 0.256 e. The predicted molar refractivity (Wildman–Crippen MR) is 130 cm³/mol. The van der Waals surface area contributed by atoms with E-state index in [1.165, 1.54) is 18.3 Å². The second kappa shape index (κ2) is 9.71. The molecule has 2 unspecified atom stereocenters. The van der Waals surface area contributed by atoms with Gasteiger partial charge < -0.3 is 19.5 Å². The molecule has 1 fully saturated rings. The molecule has 1 amide bonds. The second-order valence-corrected chi connectivity index (χ2v) is 8.73. The summed E-state index contributed by atoms with van der Waals surface area (Å²) in [5.74, 6) is 0.876. The van der Waals surface area contributed by atoms with Gasteiger partial charge in [-0.25, -0.2) is 14.1 Å². The number of anilines is 1. The summed E-state index contributed by atoms with van der Waals surface area (Å²) in [6.45, 7) is 6.05. The lowest BCUT2D eigenvalue weighted by Gasteiger charge is -2.36. The van der Waals surface area contributed by atoms with Crippen molar-refractivity contribution in [2.75, 3.05) is 18.0 Å². The van der Waals surface area contributed by atoms with Crippen LogP contribution in [0.1, 0.15) is 29.8 Å². The lowest BCUT2D eigenvalue weighted by Crippen LogP contribution is -2.45. The predicted octanol–water partition coefficient (Wildman–Crippen LogP) is 3.74. The molecule has 2 atom stereocenters. The van der Waals surface area contributed by atoms with Crippen LogP contribution < -0.4 is 10.2 Å². The van der Waals surface area contributed by atoms with Gasteiger partial charge in [-0.3, -0.25) is 4.79 Å². The van der Waals surface area contributed by atoms with Gasteiger partial charge in [-0.05, 0) is 61.9 Å². The van der Waals surface area contributed by atoms with Crippen LogP contribution in [0.2, 0.25) is 0 Å². The minimum absolute atomic E-state index is 0.157. The van der Waals surface area contributed by atoms with E-state index in [1.807, 2.05) is 41.2 Å². The number of nitrogens with zero attached hydrogens (tertiary/aromatic N) is 5. The number of benzene rings is 1. The minimum Gasteiger partial charge on any atom is -0.372 e. The van der Waals surface area contributed by atoms with E-state index in [0.717, 1.165) is 24.5 Å². The van der Waals surface area contributed by atoms with Crippen LogP contribution in [0, 0.1) is 5.82 Å². The van der Waals surface area contributed by atoms with Crippen molar-refractivity contribution >= 4 is 11.7 Å². The molecule has 9 heteroatoms. The van der Waals surface area contributed by atoms with Crippen molar-refractivity contribution in [1.29, 1.82) is 0 Å². The number of carbonyl (C=O) groups is 1. The van der Waals surface area contributed by atoms with Gasteiger partial charge in [0.25, 0.3) is 5.91 Å². The van der Waals surface area contributed by atoms with Crippen molar-refractivity contribution in [3.63, 3.8) is 0 Å². The lowest BCUT2D eigenvalue weighted by molar-refractivity contribution is -0.00546. The highest BCUT2D eigenvalue weighted by atomic mass is 19.1. The van der Waals surface area contributed by atoms with Crippen LogP contribution >= 0.6 is 0 Å². The summed E-state index contributed by atoms with van der Waals surface area (Å²) in [5, 5.41) is 7.37. The van der Waals surface area contributed by atoms with E-state index in [4.69, 9.17) is 4.74 Å². The van der Waals surface area contributed by atoms with Gasteiger partial charge in [-0.2, -0.15) is 5.10 Å². The third kappa shape index (κ3) is 4.95. The van der Waals surface area contributed by atoms with Crippen LogP contribution in [0.15, 0.2) is 73.3 Å². The number of hydrogen-bond donors (Lipinski definition) is 1. The minimum atomic E-state index is -0.335. The fourth-order valence-electron chi connectivity index (χ4n) is 4.35. The first-order valence-electron chi connectivity index (χ1n) is 11.6. The number of hydrogen-bond acceptors (Lipinski definition) is 5. The summed E-state index contributed by atoms with van der Waals surface area (Å²) < 4.78 is 22.7. The molecule has 0 spiro atoms. The largest absolute Gasteiger partial charge is 0.372 e. The third-order valence-corrected chi connectivity index (χ3v) is 5.91. The lowest BCUT2D eigenvalue weighted by atomic mass is 10.2. The summed E-state index contributed by atoms with van der Waals surface area (Å²) in [4.78, 5) is 20.0. The van der Waals surface area contributed by atoms with Crippen LogP contribution in [-0.2, 0) is 11.3 Å². The Bertz CT molecular complexity index is 1270. The maximum absolute atomic E-state index is 13.4. The molecule has 4 aromatic rings. The van der Waals surface area contributed by atoms with Gasteiger partial charge in [0.2, 0.25) is 0 Å². The van der Waals surface area contributed by atoms with Crippen LogP contribution in [-0.4, -0.2) is 50.5 Å². The Morgan fingerprint density at radius 1 is 1.06 bits per heavy atom. The first kappa shape index (κ1) is 22.8.